The first-order valence-electron chi connectivity index (χ1n) is 8.35. The Morgan fingerprint density at radius 3 is 2.32 bits per heavy atom. The van der Waals surface area contributed by atoms with E-state index in [1.807, 2.05) is 85.3 Å². The van der Waals surface area contributed by atoms with Crippen LogP contribution in [0.2, 0.25) is 0 Å². The summed E-state index contributed by atoms with van der Waals surface area (Å²) < 4.78 is 1.86. The van der Waals surface area contributed by atoms with Crippen LogP contribution >= 0.6 is 0 Å². The molecule has 1 aromatic heterocycles. The van der Waals surface area contributed by atoms with Crippen LogP contribution in [-0.4, -0.2) is 15.7 Å². The lowest BCUT2D eigenvalue weighted by Gasteiger charge is -2.10. The molecule has 0 spiro atoms. The maximum absolute atomic E-state index is 13.0. The zero-order valence-corrected chi connectivity index (χ0v) is 14.4. The van der Waals surface area contributed by atoms with Gasteiger partial charge < -0.3 is 5.32 Å². The number of benzene rings is 2. The fourth-order valence-corrected chi connectivity index (χ4v) is 2.69. The van der Waals surface area contributed by atoms with E-state index in [9.17, 15) is 4.79 Å². The Hall–Kier alpha value is -3.14. The topological polar surface area (TPSA) is 46.9 Å². The van der Waals surface area contributed by atoms with Crippen LogP contribution in [0, 0.1) is 6.92 Å². The zero-order valence-electron chi connectivity index (χ0n) is 14.4. The van der Waals surface area contributed by atoms with Gasteiger partial charge in [-0.3, -0.25) is 9.48 Å². The number of rotatable bonds is 5. The van der Waals surface area contributed by atoms with Crippen molar-refractivity contribution in [2.75, 3.05) is 5.32 Å². The minimum Gasteiger partial charge on any atom is -0.319 e. The van der Waals surface area contributed by atoms with Gasteiger partial charge in [-0.1, -0.05) is 60.7 Å². The number of amides is 1. The highest BCUT2D eigenvalue weighted by atomic mass is 16.1. The second kappa shape index (κ2) is 7.62. The first-order valence-corrected chi connectivity index (χ1v) is 8.35. The van der Waals surface area contributed by atoms with Crippen molar-refractivity contribution in [3.63, 3.8) is 0 Å². The van der Waals surface area contributed by atoms with Gasteiger partial charge in [0.1, 0.15) is 0 Å². The molecular formula is C21H21N3O. The van der Waals surface area contributed by atoms with Crippen LogP contribution in [0.25, 0.3) is 11.6 Å². The summed E-state index contributed by atoms with van der Waals surface area (Å²) >= 11 is 0. The molecule has 0 bridgehead atoms. The van der Waals surface area contributed by atoms with Crippen molar-refractivity contribution >= 4 is 23.2 Å². The van der Waals surface area contributed by atoms with Crippen molar-refractivity contribution in [3.05, 3.63) is 83.7 Å². The smallest absolute Gasteiger partial charge is 0.256 e. The molecule has 0 radical (unpaired) electrons. The van der Waals surface area contributed by atoms with Crippen molar-refractivity contribution < 1.29 is 4.79 Å². The summed E-state index contributed by atoms with van der Waals surface area (Å²) in [7, 11) is 0. The molecule has 0 fully saturated rings. The van der Waals surface area contributed by atoms with Gasteiger partial charge in [0.25, 0.3) is 5.91 Å². The molecule has 126 valence electrons. The van der Waals surface area contributed by atoms with Crippen LogP contribution in [0.3, 0.4) is 0 Å². The Morgan fingerprint density at radius 1 is 1.08 bits per heavy atom. The van der Waals surface area contributed by atoms with E-state index in [0.29, 0.717) is 5.57 Å². The number of aryl methyl sites for hydroxylation is 1. The van der Waals surface area contributed by atoms with Gasteiger partial charge >= 0.3 is 0 Å². The van der Waals surface area contributed by atoms with Gasteiger partial charge in [0.2, 0.25) is 0 Å². The SMILES string of the molecule is CCn1ncc(NC(=O)/C(=C\c2ccccc2)c2ccccc2)c1C. The molecule has 0 aliphatic rings. The predicted octanol–water partition coefficient (Wildman–Crippen LogP) is 4.39. The van der Waals surface area contributed by atoms with Crippen molar-refractivity contribution in [1.82, 2.24) is 9.78 Å². The van der Waals surface area contributed by atoms with Crippen molar-refractivity contribution in [2.24, 2.45) is 0 Å². The molecule has 0 aliphatic carbocycles. The van der Waals surface area contributed by atoms with Crippen LogP contribution < -0.4 is 5.32 Å². The van der Waals surface area contributed by atoms with Crippen LogP contribution in [0.1, 0.15) is 23.7 Å². The van der Waals surface area contributed by atoms with Gasteiger partial charge in [0, 0.05) is 12.1 Å². The molecule has 1 N–H and O–H groups in total. The van der Waals surface area contributed by atoms with Crippen LogP contribution in [0.15, 0.2) is 66.9 Å². The largest absolute Gasteiger partial charge is 0.319 e. The molecular weight excluding hydrogens is 310 g/mol. The number of anilines is 1. The average molecular weight is 331 g/mol. The van der Waals surface area contributed by atoms with E-state index in [-0.39, 0.29) is 5.91 Å². The van der Waals surface area contributed by atoms with Crippen LogP contribution in [-0.2, 0) is 11.3 Å². The van der Waals surface area contributed by atoms with E-state index in [2.05, 4.69) is 10.4 Å². The number of hydrogen-bond acceptors (Lipinski definition) is 2. The molecule has 4 nitrogen and oxygen atoms in total. The third-order valence-corrected chi connectivity index (χ3v) is 4.09. The summed E-state index contributed by atoms with van der Waals surface area (Å²) in [5, 5.41) is 7.28. The molecule has 3 aromatic rings. The van der Waals surface area contributed by atoms with Crippen LogP contribution in [0.5, 0.6) is 0 Å². The third kappa shape index (κ3) is 3.86. The lowest BCUT2D eigenvalue weighted by molar-refractivity contribution is -0.111. The van der Waals surface area contributed by atoms with Gasteiger partial charge in [-0.2, -0.15) is 5.10 Å². The molecule has 2 aromatic carbocycles. The van der Waals surface area contributed by atoms with Crippen molar-refractivity contribution in [2.45, 2.75) is 20.4 Å². The first kappa shape index (κ1) is 16.7. The summed E-state index contributed by atoms with van der Waals surface area (Å²) in [6.07, 6.45) is 3.60. The highest BCUT2D eigenvalue weighted by molar-refractivity contribution is 6.29. The minimum absolute atomic E-state index is 0.145. The van der Waals surface area contributed by atoms with Gasteiger partial charge in [-0.25, -0.2) is 0 Å². The number of carbonyl (C=O) groups excluding carboxylic acids is 1. The van der Waals surface area contributed by atoms with Gasteiger partial charge in [-0.15, -0.1) is 0 Å². The maximum Gasteiger partial charge on any atom is 0.256 e. The monoisotopic (exact) mass is 331 g/mol. The van der Waals surface area contributed by atoms with Crippen LogP contribution in [0.4, 0.5) is 5.69 Å². The molecule has 0 atom stereocenters. The quantitative estimate of drug-likeness (QED) is 0.557. The lowest BCUT2D eigenvalue weighted by atomic mass is 10.0. The Labute approximate surface area is 147 Å². The molecule has 3 rings (SSSR count). The molecule has 4 heteroatoms. The van der Waals surface area contributed by atoms with Gasteiger partial charge in [0.05, 0.1) is 17.6 Å². The fourth-order valence-electron chi connectivity index (χ4n) is 2.69. The number of nitrogens with zero attached hydrogens (tertiary/aromatic N) is 2. The molecule has 1 amide bonds. The Bertz CT molecular complexity index is 880. The predicted molar refractivity (Wildman–Crippen MR) is 102 cm³/mol. The number of aromatic nitrogens is 2. The number of hydrogen-bond donors (Lipinski definition) is 1. The maximum atomic E-state index is 13.0. The third-order valence-electron chi connectivity index (χ3n) is 4.09. The van der Waals surface area contributed by atoms with Crippen molar-refractivity contribution in [1.29, 1.82) is 0 Å². The summed E-state index contributed by atoms with van der Waals surface area (Å²) in [5.41, 5.74) is 4.17. The Morgan fingerprint density at radius 2 is 1.72 bits per heavy atom. The highest BCUT2D eigenvalue weighted by Crippen LogP contribution is 2.22. The normalized spacial score (nSPS) is 11.4. The molecule has 0 aliphatic heterocycles. The molecule has 0 saturated carbocycles. The standard InChI is InChI=1S/C21H21N3O/c1-3-24-16(2)20(15-22-24)23-21(25)19(18-12-8-5-9-13-18)14-17-10-6-4-7-11-17/h4-15H,3H2,1-2H3,(H,23,25)/b19-14-. The highest BCUT2D eigenvalue weighted by Gasteiger charge is 2.15. The Kier molecular flexibility index (Phi) is 5.09. The number of nitrogens with one attached hydrogen (secondary N) is 1. The van der Waals surface area contributed by atoms with Gasteiger partial charge in [-0.05, 0) is 31.1 Å². The second-order valence-corrected chi connectivity index (χ2v) is 5.75. The van der Waals surface area contributed by atoms with E-state index in [1.165, 1.54) is 0 Å². The molecule has 0 saturated heterocycles. The summed E-state index contributed by atoms with van der Waals surface area (Å²) in [6, 6.07) is 19.5. The molecule has 0 unspecified atom stereocenters. The minimum atomic E-state index is -0.145. The second-order valence-electron chi connectivity index (χ2n) is 5.75. The fraction of sp³-hybridized carbons (Fsp3) is 0.143. The zero-order chi connectivity index (χ0) is 17.6. The van der Waals surface area contributed by atoms with E-state index in [0.717, 1.165) is 29.1 Å². The molecule has 25 heavy (non-hydrogen) atoms. The number of carbonyl (C=O) groups is 1. The van der Waals surface area contributed by atoms with E-state index < -0.39 is 0 Å². The summed E-state index contributed by atoms with van der Waals surface area (Å²) in [6.45, 7) is 4.75. The van der Waals surface area contributed by atoms with E-state index in [1.54, 1.807) is 6.20 Å². The summed E-state index contributed by atoms with van der Waals surface area (Å²) in [5.74, 6) is -0.145. The Balaban J connectivity index is 1.95. The van der Waals surface area contributed by atoms with Crippen molar-refractivity contribution in [3.8, 4) is 0 Å². The first-order chi connectivity index (χ1) is 12.2. The summed E-state index contributed by atoms with van der Waals surface area (Å²) in [4.78, 5) is 13.0. The lowest BCUT2D eigenvalue weighted by Crippen LogP contribution is -2.14. The average Bonchev–Trinajstić information content (AvgIpc) is 3.01. The van der Waals surface area contributed by atoms with E-state index >= 15 is 0 Å². The molecule has 1 heterocycles. The van der Waals surface area contributed by atoms with Gasteiger partial charge in [0.15, 0.2) is 0 Å². The van der Waals surface area contributed by atoms with E-state index in [4.69, 9.17) is 0 Å².